The fourth-order valence-electron chi connectivity index (χ4n) is 2.55. The number of rotatable bonds is 4. The molecule has 0 aliphatic carbocycles. The molecule has 0 fully saturated rings. The third kappa shape index (κ3) is 3.28. The summed E-state index contributed by atoms with van der Waals surface area (Å²) in [5.74, 6) is 0. The minimum absolute atomic E-state index is 0.396. The van der Waals surface area contributed by atoms with Crippen LogP contribution in [0.4, 0.5) is 0 Å². The summed E-state index contributed by atoms with van der Waals surface area (Å²) in [5, 5.41) is 14.2. The van der Waals surface area contributed by atoms with Crippen molar-refractivity contribution in [1.82, 2.24) is 9.78 Å². The molecule has 0 saturated heterocycles. The Morgan fingerprint density at radius 2 is 1.78 bits per heavy atom. The van der Waals surface area contributed by atoms with Gasteiger partial charge in [0, 0.05) is 16.7 Å². The van der Waals surface area contributed by atoms with Crippen LogP contribution in [0.15, 0.2) is 54.6 Å². The number of nitriles is 1. The van der Waals surface area contributed by atoms with Crippen LogP contribution in [-0.2, 0) is 6.42 Å². The van der Waals surface area contributed by atoms with Crippen LogP contribution in [0.2, 0.25) is 5.02 Å². The van der Waals surface area contributed by atoms with E-state index in [9.17, 15) is 5.26 Å². The molecule has 0 bridgehead atoms. The molecule has 2 aromatic carbocycles. The summed E-state index contributed by atoms with van der Waals surface area (Å²) in [7, 11) is 0. The Morgan fingerprint density at radius 1 is 1.09 bits per heavy atom. The summed E-state index contributed by atoms with van der Waals surface area (Å²) in [6.07, 6.45) is 2.20. The molecule has 0 saturated carbocycles. The van der Waals surface area contributed by atoms with Crippen molar-refractivity contribution in [2.75, 3.05) is 0 Å². The fraction of sp³-hybridized carbons (Fsp3) is 0.158. The summed E-state index contributed by atoms with van der Waals surface area (Å²) in [4.78, 5) is 0. The zero-order chi connectivity index (χ0) is 16.2. The van der Waals surface area contributed by atoms with Gasteiger partial charge >= 0.3 is 0 Å². The van der Waals surface area contributed by atoms with Gasteiger partial charge in [0.05, 0.1) is 11.4 Å². The van der Waals surface area contributed by atoms with Crippen LogP contribution in [-0.4, -0.2) is 9.78 Å². The van der Waals surface area contributed by atoms with Gasteiger partial charge in [0.1, 0.15) is 6.07 Å². The van der Waals surface area contributed by atoms with Crippen LogP contribution in [0, 0.1) is 11.3 Å². The molecule has 0 atom stereocenters. The van der Waals surface area contributed by atoms with Crippen molar-refractivity contribution in [2.45, 2.75) is 19.8 Å². The zero-order valence-electron chi connectivity index (χ0n) is 12.8. The Bertz CT molecular complexity index is 840. The van der Waals surface area contributed by atoms with Crippen molar-refractivity contribution < 1.29 is 0 Å². The first-order valence-corrected chi connectivity index (χ1v) is 7.94. The van der Waals surface area contributed by atoms with Gasteiger partial charge in [-0.2, -0.15) is 10.4 Å². The summed E-state index contributed by atoms with van der Waals surface area (Å²) >= 11 is 5.95. The van der Waals surface area contributed by atoms with Crippen LogP contribution in [0.1, 0.15) is 24.6 Å². The maximum absolute atomic E-state index is 9.18. The molecule has 0 unspecified atom stereocenters. The quantitative estimate of drug-likeness (QED) is 0.677. The molecule has 0 N–H and O–H groups in total. The Hall–Kier alpha value is -2.57. The molecule has 0 amide bonds. The van der Waals surface area contributed by atoms with Gasteiger partial charge in [-0.25, -0.2) is 4.68 Å². The molecule has 0 aliphatic heterocycles. The molecule has 0 radical (unpaired) electrons. The highest BCUT2D eigenvalue weighted by molar-refractivity contribution is 6.30. The standard InChI is InChI=1S/C19H16ClN3/c1-2-3-14-4-6-15(7-5-14)19-12-17(13-21)22-23(19)18-10-8-16(20)9-11-18/h4-12H,2-3H2,1H3. The average Bonchev–Trinajstić information content (AvgIpc) is 3.01. The fourth-order valence-corrected chi connectivity index (χ4v) is 2.68. The van der Waals surface area contributed by atoms with E-state index in [-0.39, 0.29) is 0 Å². The predicted octanol–water partition coefficient (Wildman–Crippen LogP) is 5.02. The number of hydrogen-bond donors (Lipinski definition) is 0. The number of nitrogens with zero attached hydrogens (tertiary/aromatic N) is 3. The van der Waals surface area contributed by atoms with Gasteiger partial charge in [0.2, 0.25) is 0 Å². The van der Waals surface area contributed by atoms with E-state index in [2.05, 4.69) is 42.4 Å². The van der Waals surface area contributed by atoms with Crippen LogP contribution < -0.4 is 0 Å². The third-order valence-corrected chi connectivity index (χ3v) is 3.94. The lowest BCUT2D eigenvalue weighted by molar-refractivity contribution is 0.880. The number of halogens is 1. The van der Waals surface area contributed by atoms with E-state index in [4.69, 9.17) is 11.6 Å². The summed E-state index contributed by atoms with van der Waals surface area (Å²) in [6, 6.07) is 19.8. The van der Waals surface area contributed by atoms with Crippen LogP contribution >= 0.6 is 11.6 Å². The van der Waals surface area contributed by atoms with E-state index in [1.54, 1.807) is 4.68 Å². The molecule has 1 aromatic heterocycles. The predicted molar refractivity (Wildman–Crippen MR) is 92.7 cm³/mol. The third-order valence-electron chi connectivity index (χ3n) is 3.68. The van der Waals surface area contributed by atoms with Crippen LogP contribution in [0.3, 0.4) is 0 Å². The Kier molecular flexibility index (Phi) is 4.45. The second-order valence-corrected chi connectivity index (χ2v) is 5.80. The summed E-state index contributed by atoms with van der Waals surface area (Å²) in [5.41, 5.74) is 4.52. The maximum Gasteiger partial charge on any atom is 0.163 e. The molecule has 4 heteroatoms. The highest BCUT2D eigenvalue weighted by atomic mass is 35.5. The highest BCUT2D eigenvalue weighted by Gasteiger charge is 2.11. The second-order valence-electron chi connectivity index (χ2n) is 5.36. The van der Waals surface area contributed by atoms with Gasteiger partial charge in [-0.05, 0) is 36.2 Å². The van der Waals surface area contributed by atoms with Gasteiger partial charge in [0.15, 0.2) is 5.69 Å². The van der Waals surface area contributed by atoms with Gasteiger partial charge in [-0.15, -0.1) is 0 Å². The number of aromatic nitrogens is 2. The number of aryl methyl sites for hydroxylation is 1. The largest absolute Gasteiger partial charge is 0.232 e. The Labute approximate surface area is 140 Å². The first-order chi connectivity index (χ1) is 11.2. The van der Waals surface area contributed by atoms with Gasteiger partial charge in [-0.3, -0.25) is 0 Å². The molecule has 1 heterocycles. The minimum Gasteiger partial charge on any atom is -0.232 e. The highest BCUT2D eigenvalue weighted by Crippen LogP contribution is 2.25. The van der Waals surface area contributed by atoms with Crippen molar-refractivity contribution >= 4 is 11.6 Å². The number of benzene rings is 2. The van der Waals surface area contributed by atoms with Crippen molar-refractivity contribution in [3.8, 4) is 23.0 Å². The van der Waals surface area contributed by atoms with Crippen molar-refractivity contribution in [2.24, 2.45) is 0 Å². The van der Waals surface area contributed by atoms with Crippen molar-refractivity contribution in [3.05, 3.63) is 70.9 Å². The normalized spacial score (nSPS) is 10.5. The van der Waals surface area contributed by atoms with Crippen LogP contribution in [0.5, 0.6) is 0 Å². The summed E-state index contributed by atoms with van der Waals surface area (Å²) < 4.78 is 1.78. The van der Waals surface area contributed by atoms with Crippen molar-refractivity contribution in [3.63, 3.8) is 0 Å². The molecule has 3 rings (SSSR count). The topological polar surface area (TPSA) is 41.6 Å². The Balaban J connectivity index is 2.06. The molecule has 0 aliphatic rings. The monoisotopic (exact) mass is 321 g/mol. The molecule has 3 aromatic rings. The second kappa shape index (κ2) is 6.68. The van der Waals surface area contributed by atoms with E-state index >= 15 is 0 Å². The first-order valence-electron chi connectivity index (χ1n) is 7.56. The van der Waals surface area contributed by atoms with Gasteiger partial charge < -0.3 is 0 Å². The maximum atomic E-state index is 9.18. The molecule has 23 heavy (non-hydrogen) atoms. The van der Waals surface area contributed by atoms with E-state index in [1.165, 1.54) is 5.56 Å². The summed E-state index contributed by atoms with van der Waals surface area (Å²) in [6.45, 7) is 2.17. The number of hydrogen-bond acceptors (Lipinski definition) is 2. The Morgan fingerprint density at radius 3 is 2.39 bits per heavy atom. The van der Waals surface area contributed by atoms with E-state index in [0.717, 1.165) is 29.8 Å². The smallest absolute Gasteiger partial charge is 0.163 e. The molecule has 0 spiro atoms. The van der Waals surface area contributed by atoms with Crippen molar-refractivity contribution in [1.29, 1.82) is 5.26 Å². The minimum atomic E-state index is 0.396. The average molecular weight is 322 g/mol. The lowest BCUT2D eigenvalue weighted by Crippen LogP contribution is -1.99. The van der Waals surface area contributed by atoms with Gasteiger partial charge in [-0.1, -0.05) is 49.2 Å². The molecule has 114 valence electrons. The van der Waals surface area contributed by atoms with Crippen LogP contribution in [0.25, 0.3) is 16.9 Å². The lowest BCUT2D eigenvalue weighted by atomic mass is 10.1. The zero-order valence-corrected chi connectivity index (χ0v) is 13.6. The van der Waals surface area contributed by atoms with Gasteiger partial charge in [0.25, 0.3) is 0 Å². The lowest BCUT2D eigenvalue weighted by Gasteiger charge is -2.08. The first kappa shape index (κ1) is 15.3. The molecular weight excluding hydrogens is 306 g/mol. The van der Waals surface area contributed by atoms with E-state index in [0.29, 0.717) is 10.7 Å². The molecule has 3 nitrogen and oxygen atoms in total. The van der Waals surface area contributed by atoms with E-state index < -0.39 is 0 Å². The van der Waals surface area contributed by atoms with E-state index in [1.807, 2.05) is 30.3 Å². The molecular formula is C19H16ClN3. The SMILES string of the molecule is CCCc1ccc(-c2cc(C#N)nn2-c2ccc(Cl)cc2)cc1.